The maximum absolute atomic E-state index is 5.98. The standard InChI is InChI=1S/C13H16ClN3/c14-11-13(12-5-2-1-3-6-12)15-8-10-17-9-4-7-16-17/h1-7,9,13,15H,8,10-11H2. The molecule has 0 saturated carbocycles. The van der Waals surface area contributed by atoms with Crippen molar-refractivity contribution in [3.05, 3.63) is 54.4 Å². The number of aromatic nitrogens is 2. The van der Waals surface area contributed by atoms with Gasteiger partial charge in [0.05, 0.1) is 6.54 Å². The lowest BCUT2D eigenvalue weighted by atomic mass is 10.1. The van der Waals surface area contributed by atoms with Gasteiger partial charge in [-0.15, -0.1) is 11.6 Å². The fraction of sp³-hybridized carbons (Fsp3) is 0.308. The average Bonchev–Trinajstić information content (AvgIpc) is 2.89. The van der Waals surface area contributed by atoms with E-state index >= 15 is 0 Å². The molecule has 2 aromatic rings. The highest BCUT2D eigenvalue weighted by molar-refractivity contribution is 6.18. The maximum Gasteiger partial charge on any atom is 0.0534 e. The highest BCUT2D eigenvalue weighted by Gasteiger charge is 2.08. The Hall–Kier alpha value is -1.32. The van der Waals surface area contributed by atoms with Crippen molar-refractivity contribution >= 4 is 11.6 Å². The van der Waals surface area contributed by atoms with Gasteiger partial charge in [0, 0.05) is 30.9 Å². The number of rotatable bonds is 6. The minimum Gasteiger partial charge on any atom is -0.307 e. The number of halogens is 1. The lowest BCUT2D eigenvalue weighted by Gasteiger charge is -2.16. The van der Waals surface area contributed by atoms with Crippen molar-refractivity contribution in [2.24, 2.45) is 0 Å². The van der Waals surface area contributed by atoms with Crippen molar-refractivity contribution in [1.82, 2.24) is 15.1 Å². The fourth-order valence-electron chi connectivity index (χ4n) is 1.73. The molecule has 4 heteroatoms. The number of nitrogens with one attached hydrogen (secondary N) is 1. The average molecular weight is 250 g/mol. The predicted octanol–water partition coefficient (Wildman–Crippen LogP) is 2.45. The van der Waals surface area contributed by atoms with Crippen LogP contribution in [0.15, 0.2) is 48.8 Å². The second-order valence-electron chi connectivity index (χ2n) is 3.84. The summed E-state index contributed by atoms with van der Waals surface area (Å²) in [4.78, 5) is 0. The molecular weight excluding hydrogens is 234 g/mol. The van der Waals surface area contributed by atoms with Gasteiger partial charge < -0.3 is 5.32 Å². The molecule has 0 spiro atoms. The van der Waals surface area contributed by atoms with E-state index in [1.54, 1.807) is 6.20 Å². The van der Waals surface area contributed by atoms with Gasteiger partial charge in [0.1, 0.15) is 0 Å². The van der Waals surface area contributed by atoms with Crippen LogP contribution in [0.4, 0.5) is 0 Å². The van der Waals surface area contributed by atoms with Gasteiger partial charge in [0.15, 0.2) is 0 Å². The van der Waals surface area contributed by atoms with Crippen LogP contribution in [0.3, 0.4) is 0 Å². The van der Waals surface area contributed by atoms with Crippen LogP contribution >= 0.6 is 11.6 Å². The highest BCUT2D eigenvalue weighted by Crippen LogP contribution is 2.13. The molecule has 0 bridgehead atoms. The Balaban J connectivity index is 1.84. The summed E-state index contributed by atoms with van der Waals surface area (Å²) in [6.07, 6.45) is 3.75. The van der Waals surface area contributed by atoms with Crippen LogP contribution in [-0.4, -0.2) is 22.2 Å². The van der Waals surface area contributed by atoms with Gasteiger partial charge in [0.25, 0.3) is 0 Å². The molecule has 17 heavy (non-hydrogen) atoms. The molecule has 1 unspecified atom stereocenters. The lowest BCUT2D eigenvalue weighted by molar-refractivity contribution is 0.510. The van der Waals surface area contributed by atoms with Crippen LogP contribution in [0.5, 0.6) is 0 Å². The van der Waals surface area contributed by atoms with Crippen molar-refractivity contribution in [2.75, 3.05) is 12.4 Å². The number of benzene rings is 1. The van der Waals surface area contributed by atoms with E-state index in [9.17, 15) is 0 Å². The molecule has 0 saturated heterocycles. The van der Waals surface area contributed by atoms with E-state index in [1.165, 1.54) is 5.56 Å². The summed E-state index contributed by atoms with van der Waals surface area (Å²) >= 11 is 5.98. The summed E-state index contributed by atoms with van der Waals surface area (Å²) in [7, 11) is 0. The monoisotopic (exact) mass is 249 g/mol. The fourth-order valence-corrected chi connectivity index (χ4v) is 2.02. The Kier molecular flexibility index (Phi) is 4.59. The zero-order chi connectivity index (χ0) is 11.9. The Morgan fingerprint density at radius 1 is 1.24 bits per heavy atom. The van der Waals surface area contributed by atoms with Gasteiger partial charge >= 0.3 is 0 Å². The molecule has 2 rings (SSSR count). The van der Waals surface area contributed by atoms with E-state index in [1.807, 2.05) is 35.1 Å². The van der Waals surface area contributed by atoms with Crippen molar-refractivity contribution < 1.29 is 0 Å². The predicted molar refractivity (Wildman–Crippen MR) is 70.1 cm³/mol. The van der Waals surface area contributed by atoms with Crippen LogP contribution in [0.2, 0.25) is 0 Å². The molecule has 0 amide bonds. The molecule has 1 aromatic heterocycles. The molecule has 1 N–H and O–H groups in total. The van der Waals surface area contributed by atoms with E-state index in [4.69, 9.17) is 11.6 Å². The molecule has 90 valence electrons. The van der Waals surface area contributed by atoms with Crippen molar-refractivity contribution in [3.63, 3.8) is 0 Å². The molecule has 3 nitrogen and oxygen atoms in total. The first-order chi connectivity index (χ1) is 8.40. The maximum atomic E-state index is 5.98. The molecule has 0 aliphatic carbocycles. The Labute approximate surface area is 106 Å². The van der Waals surface area contributed by atoms with Gasteiger partial charge in [-0.3, -0.25) is 4.68 Å². The Morgan fingerprint density at radius 2 is 2.06 bits per heavy atom. The van der Waals surface area contributed by atoms with Crippen LogP contribution in [0, 0.1) is 0 Å². The van der Waals surface area contributed by atoms with E-state index in [0.717, 1.165) is 13.1 Å². The molecule has 0 aliphatic heterocycles. The summed E-state index contributed by atoms with van der Waals surface area (Å²) < 4.78 is 1.91. The molecular formula is C13H16ClN3. The normalized spacial score (nSPS) is 12.5. The summed E-state index contributed by atoms with van der Waals surface area (Å²) in [5, 5.41) is 7.59. The summed E-state index contributed by atoms with van der Waals surface area (Å²) in [6, 6.07) is 12.4. The zero-order valence-electron chi connectivity index (χ0n) is 9.59. The van der Waals surface area contributed by atoms with Crippen LogP contribution in [-0.2, 0) is 6.54 Å². The molecule has 0 fully saturated rings. The Morgan fingerprint density at radius 3 is 2.71 bits per heavy atom. The SMILES string of the molecule is ClCC(NCCn1cccn1)c1ccccc1. The molecule has 1 heterocycles. The third-order valence-corrected chi connectivity index (χ3v) is 2.96. The van der Waals surface area contributed by atoms with Crippen LogP contribution < -0.4 is 5.32 Å². The molecule has 0 radical (unpaired) electrons. The van der Waals surface area contributed by atoms with Crippen molar-refractivity contribution in [2.45, 2.75) is 12.6 Å². The first kappa shape index (κ1) is 12.1. The second-order valence-corrected chi connectivity index (χ2v) is 4.15. The van der Waals surface area contributed by atoms with Gasteiger partial charge in [-0.2, -0.15) is 5.10 Å². The van der Waals surface area contributed by atoms with Gasteiger partial charge in [-0.1, -0.05) is 30.3 Å². The third kappa shape index (κ3) is 3.58. The summed E-state index contributed by atoms with van der Waals surface area (Å²) in [5.41, 5.74) is 1.22. The number of hydrogen-bond donors (Lipinski definition) is 1. The van der Waals surface area contributed by atoms with Crippen LogP contribution in [0.25, 0.3) is 0 Å². The number of hydrogen-bond acceptors (Lipinski definition) is 2. The van der Waals surface area contributed by atoms with Crippen molar-refractivity contribution in [1.29, 1.82) is 0 Å². The van der Waals surface area contributed by atoms with Gasteiger partial charge in [0.2, 0.25) is 0 Å². The lowest BCUT2D eigenvalue weighted by Crippen LogP contribution is -2.26. The summed E-state index contributed by atoms with van der Waals surface area (Å²) in [6.45, 7) is 1.71. The van der Waals surface area contributed by atoms with E-state index in [2.05, 4.69) is 22.5 Å². The zero-order valence-corrected chi connectivity index (χ0v) is 10.3. The summed E-state index contributed by atoms with van der Waals surface area (Å²) in [5.74, 6) is 0.573. The van der Waals surface area contributed by atoms with E-state index < -0.39 is 0 Å². The number of nitrogens with zero attached hydrogens (tertiary/aromatic N) is 2. The second kappa shape index (κ2) is 6.42. The Bertz CT molecular complexity index is 413. The quantitative estimate of drug-likeness (QED) is 0.797. The highest BCUT2D eigenvalue weighted by atomic mass is 35.5. The molecule has 0 aliphatic rings. The van der Waals surface area contributed by atoms with Gasteiger partial charge in [-0.05, 0) is 11.6 Å². The van der Waals surface area contributed by atoms with Gasteiger partial charge in [-0.25, -0.2) is 0 Å². The minimum atomic E-state index is 0.202. The molecule has 1 aromatic carbocycles. The first-order valence-electron chi connectivity index (χ1n) is 5.72. The number of alkyl halides is 1. The van der Waals surface area contributed by atoms with Crippen LogP contribution in [0.1, 0.15) is 11.6 Å². The first-order valence-corrected chi connectivity index (χ1v) is 6.25. The van der Waals surface area contributed by atoms with Crippen molar-refractivity contribution in [3.8, 4) is 0 Å². The minimum absolute atomic E-state index is 0.202. The largest absolute Gasteiger partial charge is 0.307 e. The molecule has 1 atom stereocenters. The van der Waals surface area contributed by atoms with E-state index in [0.29, 0.717) is 5.88 Å². The smallest absolute Gasteiger partial charge is 0.0534 e. The topological polar surface area (TPSA) is 29.9 Å². The third-order valence-electron chi connectivity index (χ3n) is 2.65. The van der Waals surface area contributed by atoms with E-state index in [-0.39, 0.29) is 6.04 Å².